The minimum Gasteiger partial charge on any atom is -0.296 e. The van der Waals surface area contributed by atoms with Gasteiger partial charge in [-0.3, -0.25) is 14.0 Å². The topological polar surface area (TPSA) is 39.3 Å². The fraction of sp³-hybridized carbons (Fsp3) is 0.0222. The van der Waals surface area contributed by atoms with Gasteiger partial charge in [0.25, 0.3) is 0 Å². The molecule has 7 aromatic carbocycles. The van der Waals surface area contributed by atoms with Crippen LogP contribution in [0.4, 0.5) is 0 Å². The number of aryl methyl sites for hydroxylation is 1. The van der Waals surface area contributed by atoms with Gasteiger partial charge in [0, 0.05) is 35.1 Å². The summed E-state index contributed by atoms with van der Waals surface area (Å²) in [5, 5.41) is 9.33. The van der Waals surface area contributed by atoms with Gasteiger partial charge in [0.2, 0.25) is 0 Å². The fourth-order valence-corrected chi connectivity index (χ4v) is 7.81. The van der Waals surface area contributed by atoms with Crippen molar-refractivity contribution in [1.82, 2.24) is 14.0 Å². The molecule has 0 unspecified atom stereocenters. The number of aromatic nitrogens is 3. The lowest BCUT2D eigenvalue weighted by molar-refractivity contribution is 0.838. The quantitative estimate of drug-likeness (QED) is 0.183. The third-order valence-corrected chi connectivity index (χ3v) is 10.1. The van der Waals surface area contributed by atoms with Crippen LogP contribution in [0.25, 0.3) is 93.2 Å². The highest BCUT2D eigenvalue weighted by atomic mass is 16.1. The Kier molecular flexibility index (Phi) is 5.91. The number of benzene rings is 7. The van der Waals surface area contributed by atoms with Crippen molar-refractivity contribution in [1.29, 1.82) is 0 Å². The normalized spacial score (nSPS) is 11.9. The number of pyridine rings is 1. The predicted octanol–water partition coefficient (Wildman–Crippen LogP) is 10.8. The van der Waals surface area contributed by atoms with Gasteiger partial charge < -0.3 is 0 Å². The van der Waals surface area contributed by atoms with Crippen molar-refractivity contribution in [3.8, 4) is 33.5 Å². The molecule has 4 nitrogen and oxygen atoms in total. The first-order chi connectivity index (χ1) is 24.1. The van der Waals surface area contributed by atoms with Crippen LogP contribution in [-0.2, 0) is 7.05 Å². The van der Waals surface area contributed by atoms with E-state index in [4.69, 9.17) is 4.98 Å². The minimum absolute atomic E-state index is 0.0476. The number of fused-ring (bicyclic) bond motifs is 8. The Morgan fingerprint density at radius 1 is 0.449 bits per heavy atom. The molecule has 0 saturated carbocycles. The standard InChI is InChI=1S/C45H29N3O/c1-47-41-17-9-8-16-38(41)42-26-33-25-30(21-23-40(33)48(42)45(47)49)32-20-22-39(46-27-32)44-36-14-6-4-12-34(36)43(35-13-5-7-15-37(35)44)31-19-18-28-10-2-3-11-29(28)24-31/h2-27H,1H3. The first kappa shape index (κ1) is 27.6. The molecule has 49 heavy (non-hydrogen) atoms. The Morgan fingerprint density at radius 3 is 1.76 bits per heavy atom. The lowest BCUT2D eigenvalue weighted by atomic mass is 9.86. The van der Waals surface area contributed by atoms with Gasteiger partial charge >= 0.3 is 5.69 Å². The Hall–Kier alpha value is -6.52. The van der Waals surface area contributed by atoms with Crippen LogP contribution in [0.5, 0.6) is 0 Å². The van der Waals surface area contributed by atoms with E-state index < -0.39 is 0 Å². The van der Waals surface area contributed by atoms with Crippen LogP contribution in [-0.4, -0.2) is 14.0 Å². The van der Waals surface area contributed by atoms with E-state index in [1.54, 1.807) is 4.57 Å². The molecule has 4 heteroatoms. The van der Waals surface area contributed by atoms with Crippen LogP contribution in [0.15, 0.2) is 163 Å². The molecule has 3 heterocycles. The van der Waals surface area contributed by atoms with Crippen LogP contribution < -0.4 is 5.69 Å². The summed E-state index contributed by atoms with van der Waals surface area (Å²) in [6.07, 6.45) is 1.97. The smallest absolute Gasteiger partial charge is 0.296 e. The molecule has 0 saturated heterocycles. The highest BCUT2D eigenvalue weighted by Gasteiger charge is 2.18. The summed E-state index contributed by atoms with van der Waals surface area (Å²) < 4.78 is 3.54. The average molecular weight is 628 g/mol. The molecule has 230 valence electrons. The summed E-state index contributed by atoms with van der Waals surface area (Å²) in [5.74, 6) is 0. The van der Waals surface area contributed by atoms with E-state index in [9.17, 15) is 4.79 Å². The summed E-state index contributed by atoms with van der Waals surface area (Å²) in [5.41, 5.74) is 9.32. The largest absolute Gasteiger partial charge is 0.333 e. The SMILES string of the molecule is Cn1c(=O)n2c3ccc(-c4ccc(-c5c6ccccc6c(-c6ccc7ccccc7c6)c6ccccc56)nc4)cc3cc2c2ccccc21. The van der Waals surface area contributed by atoms with Gasteiger partial charge in [-0.1, -0.05) is 115 Å². The van der Waals surface area contributed by atoms with Gasteiger partial charge in [0.1, 0.15) is 0 Å². The molecular weight excluding hydrogens is 599 g/mol. The molecular formula is C45H29N3O. The lowest BCUT2D eigenvalue weighted by Crippen LogP contribution is -2.24. The second-order valence-corrected chi connectivity index (χ2v) is 12.8. The van der Waals surface area contributed by atoms with E-state index >= 15 is 0 Å². The highest BCUT2D eigenvalue weighted by Crippen LogP contribution is 2.44. The monoisotopic (exact) mass is 627 g/mol. The van der Waals surface area contributed by atoms with Crippen molar-refractivity contribution in [3.05, 3.63) is 168 Å². The van der Waals surface area contributed by atoms with Crippen molar-refractivity contribution >= 4 is 59.6 Å². The van der Waals surface area contributed by atoms with Crippen LogP contribution in [0.1, 0.15) is 0 Å². The molecule has 0 aliphatic carbocycles. The van der Waals surface area contributed by atoms with Crippen molar-refractivity contribution in [3.63, 3.8) is 0 Å². The Morgan fingerprint density at radius 2 is 1.04 bits per heavy atom. The van der Waals surface area contributed by atoms with Gasteiger partial charge in [-0.25, -0.2) is 4.79 Å². The summed E-state index contributed by atoms with van der Waals surface area (Å²) in [7, 11) is 1.83. The number of nitrogens with zero attached hydrogens (tertiary/aromatic N) is 3. The second kappa shape index (κ2) is 10.5. The summed E-state index contributed by atoms with van der Waals surface area (Å²) in [4.78, 5) is 18.5. The summed E-state index contributed by atoms with van der Waals surface area (Å²) in [6, 6.07) is 53.5. The van der Waals surface area contributed by atoms with Crippen molar-refractivity contribution in [2.45, 2.75) is 0 Å². The Bertz CT molecular complexity index is 2960. The molecule has 0 atom stereocenters. The van der Waals surface area contributed by atoms with Crippen LogP contribution in [0.3, 0.4) is 0 Å². The molecule has 0 N–H and O–H groups in total. The van der Waals surface area contributed by atoms with Gasteiger partial charge in [0.05, 0.1) is 22.2 Å². The van der Waals surface area contributed by atoms with Gasteiger partial charge in [-0.05, 0) is 85.4 Å². The van der Waals surface area contributed by atoms with E-state index in [0.717, 1.165) is 49.7 Å². The first-order valence-electron chi connectivity index (χ1n) is 16.6. The number of hydrogen-bond donors (Lipinski definition) is 0. The van der Waals surface area contributed by atoms with Crippen molar-refractivity contribution in [2.24, 2.45) is 7.05 Å². The summed E-state index contributed by atoms with van der Waals surface area (Å²) in [6.45, 7) is 0. The second-order valence-electron chi connectivity index (χ2n) is 12.8. The van der Waals surface area contributed by atoms with E-state index in [1.807, 2.05) is 41.9 Å². The Balaban J connectivity index is 1.12. The maximum absolute atomic E-state index is 13.4. The van der Waals surface area contributed by atoms with E-state index in [0.29, 0.717) is 0 Å². The van der Waals surface area contributed by atoms with E-state index in [2.05, 4.69) is 127 Å². The number of para-hydroxylation sites is 1. The molecule has 0 aliphatic rings. The molecule has 3 aromatic heterocycles. The number of hydrogen-bond acceptors (Lipinski definition) is 2. The summed E-state index contributed by atoms with van der Waals surface area (Å²) >= 11 is 0. The zero-order chi connectivity index (χ0) is 32.6. The predicted molar refractivity (Wildman–Crippen MR) is 204 cm³/mol. The zero-order valence-corrected chi connectivity index (χ0v) is 26.8. The maximum atomic E-state index is 13.4. The minimum atomic E-state index is -0.0476. The molecule has 10 aromatic rings. The highest BCUT2D eigenvalue weighted by molar-refractivity contribution is 6.21. The van der Waals surface area contributed by atoms with Crippen molar-refractivity contribution in [2.75, 3.05) is 0 Å². The number of rotatable bonds is 3. The zero-order valence-electron chi connectivity index (χ0n) is 26.8. The fourth-order valence-electron chi connectivity index (χ4n) is 7.81. The molecule has 0 spiro atoms. The molecule has 10 rings (SSSR count). The maximum Gasteiger partial charge on any atom is 0.333 e. The third kappa shape index (κ3) is 4.11. The first-order valence-corrected chi connectivity index (χ1v) is 16.6. The van der Waals surface area contributed by atoms with Crippen LogP contribution in [0, 0.1) is 0 Å². The lowest BCUT2D eigenvalue weighted by Gasteiger charge is -2.17. The molecule has 0 radical (unpaired) electrons. The van der Waals surface area contributed by atoms with Crippen molar-refractivity contribution < 1.29 is 0 Å². The molecule has 0 amide bonds. The van der Waals surface area contributed by atoms with Gasteiger partial charge in [-0.15, -0.1) is 0 Å². The third-order valence-electron chi connectivity index (χ3n) is 10.1. The Labute approximate surface area is 281 Å². The van der Waals surface area contributed by atoms with Gasteiger partial charge in [-0.2, -0.15) is 0 Å². The van der Waals surface area contributed by atoms with Crippen LogP contribution >= 0.6 is 0 Å². The average Bonchev–Trinajstić information content (AvgIpc) is 3.55. The molecule has 0 aliphatic heterocycles. The molecule has 0 fully saturated rings. The van der Waals surface area contributed by atoms with E-state index in [-0.39, 0.29) is 5.69 Å². The van der Waals surface area contributed by atoms with Crippen LogP contribution in [0.2, 0.25) is 0 Å². The molecule has 0 bridgehead atoms. The van der Waals surface area contributed by atoms with E-state index in [1.165, 1.54) is 43.4 Å². The van der Waals surface area contributed by atoms with Gasteiger partial charge in [0.15, 0.2) is 0 Å².